The van der Waals surface area contributed by atoms with Crippen LogP contribution in [0.2, 0.25) is 0 Å². The van der Waals surface area contributed by atoms with Crippen LogP contribution in [0.1, 0.15) is 39.5 Å². The average Bonchev–Trinajstić information content (AvgIpc) is 2.72. The highest BCUT2D eigenvalue weighted by Gasteiger charge is 2.27. The molecule has 0 saturated carbocycles. The lowest BCUT2D eigenvalue weighted by Crippen LogP contribution is -2.42. The molecule has 0 saturated heterocycles. The Labute approximate surface area is 182 Å². The molecule has 1 amide bonds. The van der Waals surface area contributed by atoms with Crippen LogP contribution in [0, 0.1) is 5.92 Å². The molecule has 1 N–H and O–H groups in total. The molecule has 0 fully saturated rings. The summed E-state index contributed by atoms with van der Waals surface area (Å²) in [6.45, 7) is 4.56. The standard InChI is InChI=1S/C22H29BrN2O3S/c1-3-5-10-18(4-2)16-24-22(26)17-25(20-12-9-11-19(23)15-20)29(27,28)21-13-7-6-8-14-21/h6-9,11-15,18H,3-5,10,16-17H2,1-2H3,(H,24,26)/t18-/m1/s1. The SMILES string of the molecule is CCCC[C@@H](CC)CNC(=O)CN(c1cccc(Br)c1)S(=O)(=O)c1ccccc1. The maximum atomic E-state index is 13.2. The van der Waals surface area contributed by atoms with Gasteiger partial charge in [0, 0.05) is 11.0 Å². The largest absolute Gasteiger partial charge is 0.354 e. The zero-order valence-corrected chi connectivity index (χ0v) is 19.4. The summed E-state index contributed by atoms with van der Waals surface area (Å²) in [7, 11) is -3.87. The zero-order valence-electron chi connectivity index (χ0n) is 17.0. The van der Waals surface area contributed by atoms with Crippen molar-refractivity contribution in [2.75, 3.05) is 17.4 Å². The Morgan fingerprint density at radius 1 is 1.10 bits per heavy atom. The highest BCUT2D eigenvalue weighted by atomic mass is 79.9. The Bertz CT molecular complexity index is 888. The molecule has 0 aliphatic carbocycles. The Hall–Kier alpha value is -1.86. The van der Waals surface area contributed by atoms with Crippen molar-refractivity contribution < 1.29 is 13.2 Å². The number of hydrogen-bond acceptors (Lipinski definition) is 3. The number of benzene rings is 2. The Morgan fingerprint density at radius 3 is 2.45 bits per heavy atom. The van der Waals surface area contributed by atoms with Crippen molar-refractivity contribution in [3.05, 3.63) is 59.1 Å². The molecule has 29 heavy (non-hydrogen) atoms. The van der Waals surface area contributed by atoms with Crippen molar-refractivity contribution in [3.8, 4) is 0 Å². The molecule has 0 radical (unpaired) electrons. The molecule has 0 bridgehead atoms. The molecule has 0 aliphatic rings. The highest BCUT2D eigenvalue weighted by molar-refractivity contribution is 9.10. The average molecular weight is 481 g/mol. The van der Waals surface area contributed by atoms with Crippen LogP contribution in [0.15, 0.2) is 64.0 Å². The molecule has 2 rings (SSSR count). The molecular formula is C22H29BrN2O3S. The topological polar surface area (TPSA) is 66.5 Å². The zero-order chi connectivity index (χ0) is 21.3. The summed E-state index contributed by atoms with van der Waals surface area (Å²) < 4.78 is 28.4. The van der Waals surface area contributed by atoms with Gasteiger partial charge in [-0.1, -0.05) is 73.3 Å². The third-order valence-corrected chi connectivity index (χ3v) is 7.13. The van der Waals surface area contributed by atoms with E-state index in [1.165, 1.54) is 12.1 Å². The Kier molecular flexibility index (Phi) is 9.17. The van der Waals surface area contributed by atoms with Crippen molar-refractivity contribution in [1.29, 1.82) is 0 Å². The molecule has 0 aromatic heterocycles. The van der Waals surface area contributed by atoms with Gasteiger partial charge in [-0.05, 0) is 42.7 Å². The number of halogens is 1. The van der Waals surface area contributed by atoms with Crippen LogP contribution in [-0.2, 0) is 14.8 Å². The van der Waals surface area contributed by atoms with Gasteiger partial charge in [-0.15, -0.1) is 0 Å². The summed E-state index contributed by atoms with van der Waals surface area (Å²) in [5.41, 5.74) is 0.441. The van der Waals surface area contributed by atoms with E-state index in [9.17, 15) is 13.2 Å². The van der Waals surface area contributed by atoms with Crippen molar-refractivity contribution >= 4 is 37.5 Å². The maximum Gasteiger partial charge on any atom is 0.264 e. The fourth-order valence-electron chi connectivity index (χ4n) is 3.05. The molecule has 5 nitrogen and oxygen atoms in total. The van der Waals surface area contributed by atoms with Gasteiger partial charge < -0.3 is 5.32 Å². The van der Waals surface area contributed by atoms with E-state index in [1.807, 2.05) is 6.07 Å². The number of unbranched alkanes of at least 4 members (excludes halogenated alkanes) is 1. The van der Waals surface area contributed by atoms with E-state index in [4.69, 9.17) is 0 Å². The minimum Gasteiger partial charge on any atom is -0.354 e. The second-order valence-corrected chi connectivity index (χ2v) is 9.80. The molecule has 1 atom stereocenters. The van der Waals surface area contributed by atoms with Crippen LogP contribution in [0.5, 0.6) is 0 Å². The predicted molar refractivity (Wildman–Crippen MR) is 121 cm³/mol. The summed E-state index contributed by atoms with van der Waals surface area (Å²) in [6, 6.07) is 15.1. The summed E-state index contributed by atoms with van der Waals surface area (Å²) in [4.78, 5) is 12.8. The fraction of sp³-hybridized carbons (Fsp3) is 0.409. The minimum atomic E-state index is -3.87. The molecule has 0 heterocycles. The van der Waals surface area contributed by atoms with Gasteiger partial charge in [-0.25, -0.2) is 8.42 Å². The van der Waals surface area contributed by atoms with E-state index in [2.05, 4.69) is 35.1 Å². The van der Waals surface area contributed by atoms with Crippen LogP contribution < -0.4 is 9.62 Å². The normalized spacial score (nSPS) is 12.4. The molecule has 7 heteroatoms. The number of nitrogens with zero attached hydrogens (tertiary/aromatic N) is 1. The van der Waals surface area contributed by atoms with E-state index in [0.29, 0.717) is 18.2 Å². The molecule has 2 aromatic rings. The first kappa shape index (κ1) is 23.4. The van der Waals surface area contributed by atoms with Gasteiger partial charge in [0.1, 0.15) is 6.54 Å². The lowest BCUT2D eigenvalue weighted by Gasteiger charge is -2.25. The molecule has 0 spiro atoms. The van der Waals surface area contributed by atoms with Crippen molar-refractivity contribution in [2.24, 2.45) is 5.92 Å². The lowest BCUT2D eigenvalue weighted by atomic mass is 9.99. The van der Waals surface area contributed by atoms with Gasteiger partial charge in [-0.2, -0.15) is 0 Å². The third kappa shape index (κ3) is 6.85. The van der Waals surface area contributed by atoms with Crippen LogP contribution in [0.25, 0.3) is 0 Å². The van der Waals surface area contributed by atoms with E-state index in [1.54, 1.807) is 36.4 Å². The van der Waals surface area contributed by atoms with E-state index in [0.717, 1.165) is 34.5 Å². The monoisotopic (exact) mass is 480 g/mol. The summed E-state index contributed by atoms with van der Waals surface area (Å²) in [5.74, 6) is 0.100. The quantitative estimate of drug-likeness (QED) is 0.493. The van der Waals surface area contributed by atoms with E-state index < -0.39 is 10.0 Å². The van der Waals surface area contributed by atoms with Crippen LogP contribution in [-0.4, -0.2) is 27.4 Å². The second-order valence-electron chi connectivity index (χ2n) is 7.03. The van der Waals surface area contributed by atoms with E-state index >= 15 is 0 Å². The van der Waals surface area contributed by atoms with Crippen molar-refractivity contribution in [3.63, 3.8) is 0 Å². The smallest absolute Gasteiger partial charge is 0.264 e. The van der Waals surface area contributed by atoms with Gasteiger partial charge in [0.25, 0.3) is 10.0 Å². The number of nitrogens with one attached hydrogen (secondary N) is 1. The number of amides is 1. The summed E-state index contributed by atoms with van der Waals surface area (Å²) >= 11 is 3.38. The van der Waals surface area contributed by atoms with Gasteiger partial charge in [0.05, 0.1) is 10.6 Å². The number of rotatable bonds is 11. The van der Waals surface area contributed by atoms with E-state index in [-0.39, 0.29) is 17.3 Å². The van der Waals surface area contributed by atoms with Crippen molar-refractivity contribution in [1.82, 2.24) is 5.32 Å². The number of sulfonamides is 1. The molecular weight excluding hydrogens is 452 g/mol. The highest BCUT2D eigenvalue weighted by Crippen LogP contribution is 2.26. The fourth-order valence-corrected chi connectivity index (χ4v) is 4.87. The van der Waals surface area contributed by atoms with Gasteiger partial charge in [-0.3, -0.25) is 9.10 Å². The second kappa shape index (κ2) is 11.4. The molecule has 2 aromatic carbocycles. The van der Waals surface area contributed by atoms with Crippen molar-refractivity contribution in [2.45, 2.75) is 44.4 Å². The first-order valence-corrected chi connectivity index (χ1v) is 12.2. The lowest BCUT2D eigenvalue weighted by molar-refractivity contribution is -0.119. The van der Waals surface area contributed by atoms with Crippen LogP contribution in [0.4, 0.5) is 5.69 Å². The van der Waals surface area contributed by atoms with Gasteiger partial charge in [0.2, 0.25) is 5.91 Å². The summed E-state index contributed by atoms with van der Waals surface area (Å²) in [5, 5.41) is 2.92. The van der Waals surface area contributed by atoms with Crippen LogP contribution >= 0.6 is 15.9 Å². The maximum absolute atomic E-state index is 13.2. The molecule has 0 aliphatic heterocycles. The minimum absolute atomic E-state index is 0.155. The summed E-state index contributed by atoms with van der Waals surface area (Å²) in [6.07, 6.45) is 4.29. The number of anilines is 1. The number of carbonyl (C=O) groups excluding carboxylic acids is 1. The van der Waals surface area contributed by atoms with Gasteiger partial charge in [0.15, 0.2) is 0 Å². The predicted octanol–water partition coefficient (Wildman–Crippen LogP) is 4.98. The molecule has 0 unspecified atom stereocenters. The van der Waals surface area contributed by atoms with Gasteiger partial charge >= 0.3 is 0 Å². The Balaban J connectivity index is 2.21. The number of hydrogen-bond donors (Lipinski definition) is 1. The van der Waals surface area contributed by atoms with Crippen LogP contribution in [0.3, 0.4) is 0 Å². The third-order valence-electron chi connectivity index (χ3n) is 4.85. The molecule has 158 valence electrons. The first-order chi connectivity index (χ1) is 13.9. The number of carbonyl (C=O) groups is 1. The Morgan fingerprint density at radius 2 is 1.83 bits per heavy atom. The first-order valence-electron chi connectivity index (χ1n) is 9.98.